The van der Waals surface area contributed by atoms with Crippen LogP contribution in [0.1, 0.15) is 31.1 Å². The van der Waals surface area contributed by atoms with Gasteiger partial charge >= 0.3 is 11.9 Å². The van der Waals surface area contributed by atoms with Crippen molar-refractivity contribution in [2.24, 2.45) is 4.99 Å². The second kappa shape index (κ2) is 6.63. The number of hydrogen-bond acceptors (Lipinski definition) is 5. The van der Waals surface area contributed by atoms with Crippen molar-refractivity contribution in [2.75, 3.05) is 0 Å². The number of rotatable bonds is 4. The van der Waals surface area contributed by atoms with Gasteiger partial charge < -0.3 is 9.84 Å². The lowest BCUT2D eigenvalue weighted by Gasteiger charge is -2.18. The molecule has 0 aliphatic rings. The Morgan fingerprint density at radius 1 is 1.33 bits per heavy atom. The quantitative estimate of drug-likeness (QED) is 0.505. The second-order valence-electron chi connectivity index (χ2n) is 5.12. The summed E-state index contributed by atoms with van der Waals surface area (Å²) < 4.78 is 5.09. The van der Waals surface area contributed by atoms with Gasteiger partial charge in [-0.05, 0) is 38.8 Å². The molecule has 6 heteroatoms. The van der Waals surface area contributed by atoms with Gasteiger partial charge in [0.2, 0.25) is 0 Å². The molecule has 0 radical (unpaired) electrons. The van der Waals surface area contributed by atoms with Gasteiger partial charge in [-0.3, -0.25) is 10.4 Å². The zero-order chi connectivity index (χ0) is 16.0. The van der Waals surface area contributed by atoms with Gasteiger partial charge in [-0.2, -0.15) is 0 Å². The van der Waals surface area contributed by atoms with E-state index in [2.05, 4.69) is 4.99 Å². The number of benzene rings is 1. The fourth-order valence-electron chi connectivity index (χ4n) is 1.37. The number of aromatic carboxylic acids is 1. The molecule has 21 heavy (non-hydrogen) atoms. The predicted octanol–water partition coefficient (Wildman–Crippen LogP) is 2.60. The molecular formula is C15H16N2O4. The van der Waals surface area contributed by atoms with E-state index in [-0.39, 0.29) is 16.8 Å². The maximum atomic E-state index is 11.8. The molecule has 1 aromatic carbocycles. The van der Waals surface area contributed by atoms with E-state index in [1.54, 1.807) is 32.9 Å². The number of carbonyl (C=O) groups excluding carboxylic acids is 1. The first-order valence-corrected chi connectivity index (χ1v) is 6.14. The predicted molar refractivity (Wildman–Crippen MR) is 78.6 cm³/mol. The largest absolute Gasteiger partial charge is 0.478 e. The second-order valence-corrected chi connectivity index (χ2v) is 5.12. The van der Waals surface area contributed by atoms with Crippen molar-refractivity contribution in [3.63, 3.8) is 0 Å². The lowest BCUT2D eigenvalue weighted by atomic mass is 10.2. The third-order valence-electron chi connectivity index (χ3n) is 2.22. The van der Waals surface area contributed by atoms with E-state index < -0.39 is 17.5 Å². The summed E-state index contributed by atoms with van der Waals surface area (Å²) in [5.74, 6) is 0.0725. The summed E-state index contributed by atoms with van der Waals surface area (Å²) in [7, 11) is 0. The Balaban J connectivity index is 3.01. The number of esters is 1. The van der Waals surface area contributed by atoms with Crippen molar-refractivity contribution in [3.8, 4) is 0 Å². The van der Waals surface area contributed by atoms with Gasteiger partial charge in [-0.1, -0.05) is 12.1 Å². The van der Waals surface area contributed by atoms with Crippen LogP contribution in [0.4, 0.5) is 5.69 Å². The van der Waals surface area contributed by atoms with Crippen molar-refractivity contribution in [2.45, 2.75) is 26.4 Å². The molecule has 0 atom stereocenters. The van der Waals surface area contributed by atoms with Crippen LogP contribution in [0.3, 0.4) is 0 Å². The zero-order valence-electron chi connectivity index (χ0n) is 12.0. The Hall–Kier alpha value is -2.72. The van der Waals surface area contributed by atoms with Gasteiger partial charge in [0.15, 0.2) is 0 Å². The first-order chi connectivity index (χ1) is 9.74. The van der Waals surface area contributed by atoms with Crippen LogP contribution < -0.4 is 0 Å². The van der Waals surface area contributed by atoms with Gasteiger partial charge in [0.05, 0.1) is 17.5 Å². The Labute approximate surface area is 122 Å². The zero-order valence-corrected chi connectivity index (χ0v) is 12.0. The van der Waals surface area contributed by atoms with Crippen molar-refractivity contribution in [3.05, 3.63) is 35.4 Å². The van der Waals surface area contributed by atoms with E-state index in [4.69, 9.17) is 15.3 Å². The van der Waals surface area contributed by atoms with Crippen molar-refractivity contribution < 1.29 is 19.4 Å². The van der Waals surface area contributed by atoms with Crippen LogP contribution in [-0.2, 0) is 9.53 Å². The van der Waals surface area contributed by atoms with E-state index >= 15 is 0 Å². The highest BCUT2D eigenvalue weighted by Crippen LogP contribution is 2.18. The summed E-state index contributed by atoms with van der Waals surface area (Å²) >= 11 is 0. The normalized spacial score (nSPS) is 11.0. The molecule has 0 unspecified atom stereocenters. The molecule has 0 bridgehead atoms. The molecule has 0 fully saturated rings. The fourth-order valence-corrected chi connectivity index (χ4v) is 1.37. The summed E-state index contributed by atoms with van der Waals surface area (Å²) in [6, 6.07) is 6.09. The Kier molecular flexibility index (Phi) is 5.16. The number of carboxylic acids is 1. The summed E-state index contributed by atoms with van der Waals surface area (Å²) in [5, 5.41) is 16.1. The minimum absolute atomic E-state index is 0.00210. The molecule has 0 amide bonds. The molecule has 0 aliphatic heterocycles. The molecule has 0 aromatic heterocycles. The van der Waals surface area contributed by atoms with Crippen LogP contribution in [0.5, 0.6) is 0 Å². The average Bonchev–Trinajstić information content (AvgIpc) is 2.37. The molecule has 1 rings (SSSR count). The molecular weight excluding hydrogens is 272 g/mol. The lowest BCUT2D eigenvalue weighted by Crippen LogP contribution is -2.25. The topological polar surface area (TPSA) is 99.8 Å². The monoisotopic (exact) mass is 288 g/mol. The minimum atomic E-state index is -1.12. The number of nitrogens with zero attached hydrogens (tertiary/aromatic N) is 1. The summed E-state index contributed by atoms with van der Waals surface area (Å²) in [6.07, 6.45) is 1.07. The van der Waals surface area contributed by atoms with E-state index in [1.807, 2.05) is 5.87 Å². The SMILES string of the molecule is CC(C)(C)OC(=O)C(=C=N)C=Nc1ccccc1C(=O)O. The highest BCUT2D eigenvalue weighted by Gasteiger charge is 2.19. The van der Waals surface area contributed by atoms with E-state index in [0.717, 1.165) is 6.21 Å². The first kappa shape index (κ1) is 16.3. The van der Waals surface area contributed by atoms with Crippen LogP contribution in [0.25, 0.3) is 0 Å². The van der Waals surface area contributed by atoms with Crippen LogP contribution in [-0.4, -0.2) is 34.7 Å². The highest BCUT2D eigenvalue weighted by atomic mass is 16.6. The molecule has 110 valence electrons. The van der Waals surface area contributed by atoms with Gasteiger partial charge in [0, 0.05) is 0 Å². The standard InChI is InChI=1S/C15H16N2O4/c1-15(2,3)21-14(20)10(8-16)9-17-12-7-5-4-6-11(12)13(18)19/h4-7,9,16H,1-3H3,(H,18,19). The van der Waals surface area contributed by atoms with Gasteiger partial charge in [-0.15, -0.1) is 0 Å². The number of para-hydroxylation sites is 1. The van der Waals surface area contributed by atoms with Crippen LogP contribution in [0.15, 0.2) is 34.8 Å². The number of carbonyl (C=O) groups is 2. The molecule has 1 aromatic rings. The highest BCUT2D eigenvalue weighted by molar-refractivity contribution is 6.17. The molecule has 2 N–H and O–H groups in total. The number of aliphatic imine (C=N–C) groups is 1. The molecule has 0 spiro atoms. The van der Waals surface area contributed by atoms with Gasteiger partial charge in [0.25, 0.3) is 0 Å². The van der Waals surface area contributed by atoms with Crippen molar-refractivity contribution >= 4 is 29.7 Å². The van der Waals surface area contributed by atoms with Crippen molar-refractivity contribution in [1.29, 1.82) is 5.41 Å². The molecule has 0 aliphatic carbocycles. The maximum Gasteiger partial charge on any atom is 0.349 e. The smallest absolute Gasteiger partial charge is 0.349 e. The van der Waals surface area contributed by atoms with Crippen LogP contribution in [0, 0.1) is 5.41 Å². The Morgan fingerprint density at radius 2 is 1.95 bits per heavy atom. The van der Waals surface area contributed by atoms with E-state index in [1.165, 1.54) is 12.1 Å². The third kappa shape index (κ3) is 5.04. The third-order valence-corrected chi connectivity index (χ3v) is 2.22. The number of hydrogen-bond donors (Lipinski definition) is 2. The van der Waals surface area contributed by atoms with E-state index in [9.17, 15) is 9.59 Å². The number of carboxylic acid groups (broad SMARTS) is 1. The minimum Gasteiger partial charge on any atom is -0.478 e. The van der Waals surface area contributed by atoms with Crippen LogP contribution in [0.2, 0.25) is 0 Å². The Bertz CT molecular complexity index is 635. The maximum absolute atomic E-state index is 11.8. The number of ether oxygens (including phenoxy) is 1. The summed E-state index contributed by atoms with van der Waals surface area (Å²) in [6.45, 7) is 5.09. The fraction of sp³-hybridized carbons (Fsp3) is 0.267. The number of nitrogens with one attached hydrogen (secondary N) is 1. The van der Waals surface area contributed by atoms with Gasteiger partial charge in [0.1, 0.15) is 11.2 Å². The molecule has 6 nitrogen and oxygen atoms in total. The van der Waals surface area contributed by atoms with Crippen molar-refractivity contribution in [1.82, 2.24) is 0 Å². The molecule has 0 saturated carbocycles. The molecule has 0 saturated heterocycles. The van der Waals surface area contributed by atoms with Gasteiger partial charge in [-0.25, -0.2) is 9.59 Å². The Morgan fingerprint density at radius 3 is 2.48 bits per heavy atom. The molecule has 0 heterocycles. The summed E-state index contributed by atoms with van der Waals surface area (Å²) in [4.78, 5) is 26.7. The lowest BCUT2D eigenvalue weighted by molar-refractivity contribution is -0.148. The first-order valence-electron chi connectivity index (χ1n) is 6.14. The summed E-state index contributed by atoms with van der Waals surface area (Å²) in [5.41, 5.74) is -0.708. The van der Waals surface area contributed by atoms with E-state index in [0.29, 0.717) is 0 Å². The average molecular weight is 288 g/mol. The van der Waals surface area contributed by atoms with Crippen LogP contribution >= 0.6 is 0 Å².